The summed E-state index contributed by atoms with van der Waals surface area (Å²) >= 11 is 0. The average Bonchev–Trinajstić information content (AvgIpc) is 3.08. The van der Waals surface area contributed by atoms with Crippen molar-refractivity contribution in [2.45, 2.75) is 25.4 Å². The van der Waals surface area contributed by atoms with Crippen molar-refractivity contribution in [1.29, 1.82) is 0 Å². The number of likely N-dealkylation sites (tertiary alicyclic amines) is 1. The lowest BCUT2D eigenvalue weighted by Crippen LogP contribution is -2.35. The Bertz CT molecular complexity index is 656. The van der Waals surface area contributed by atoms with Crippen LogP contribution in [0.1, 0.15) is 18.7 Å². The Morgan fingerprint density at radius 1 is 1.52 bits per heavy atom. The zero-order valence-electron chi connectivity index (χ0n) is 11.3. The highest BCUT2D eigenvalue weighted by molar-refractivity contribution is 5.73. The van der Waals surface area contributed by atoms with E-state index < -0.39 is 12.0 Å². The van der Waals surface area contributed by atoms with Gasteiger partial charge in [-0.05, 0) is 31.5 Å². The second-order valence-corrected chi connectivity index (χ2v) is 5.10. The van der Waals surface area contributed by atoms with Crippen LogP contribution in [0.4, 0.5) is 4.39 Å². The van der Waals surface area contributed by atoms with Crippen LogP contribution >= 0.6 is 0 Å². The Morgan fingerprint density at radius 2 is 2.38 bits per heavy atom. The van der Waals surface area contributed by atoms with Crippen LogP contribution < -0.4 is 0 Å². The summed E-state index contributed by atoms with van der Waals surface area (Å²) in [6, 6.07) is 5.61. The standard InChI is InChI=1S/C15H15FN2O3/c16-11-4-1-3-10(7-11)13-8-17-14(21-13)9-18-6-2-5-12(18)15(19)20/h1,3-4,7-8,12H,2,5-6,9H2,(H,19,20)/t12-/m0/s1. The molecular formula is C15H15FN2O3. The van der Waals surface area contributed by atoms with Gasteiger partial charge in [-0.25, -0.2) is 9.37 Å². The highest BCUT2D eigenvalue weighted by Gasteiger charge is 2.31. The van der Waals surface area contributed by atoms with Crippen LogP contribution in [0.25, 0.3) is 11.3 Å². The van der Waals surface area contributed by atoms with Crippen molar-refractivity contribution in [1.82, 2.24) is 9.88 Å². The molecule has 2 aromatic rings. The lowest BCUT2D eigenvalue weighted by Gasteiger charge is -2.18. The molecule has 1 atom stereocenters. The van der Waals surface area contributed by atoms with Crippen LogP contribution in [0.15, 0.2) is 34.9 Å². The lowest BCUT2D eigenvalue weighted by atomic mass is 10.2. The minimum Gasteiger partial charge on any atom is -0.480 e. The molecule has 1 N–H and O–H groups in total. The Hall–Kier alpha value is -2.21. The number of benzene rings is 1. The average molecular weight is 290 g/mol. The fourth-order valence-electron chi connectivity index (χ4n) is 2.63. The Morgan fingerprint density at radius 3 is 3.14 bits per heavy atom. The van der Waals surface area contributed by atoms with Crippen LogP contribution in [0.5, 0.6) is 0 Å². The first-order valence-corrected chi connectivity index (χ1v) is 6.81. The molecule has 3 rings (SSSR count). The first-order chi connectivity index (χ1) is 10.1. The summed E-state index contributed by atoms with van der Waals surface area (Å²) in [4.78, 5) is 17.1. The predicted octanol–water partition coefficient (Wildman–Crippen LogP) is 2.53. The van der Waals surface area contributed by atoms with E-state index in [9.17, 15) is 9.18 Å². The number of carboxylic acids is 1. The van der Waals surface area contributed by atoms with E-state index in [1.807, 2.05) is 4.90 Å². The third-order valence-electron chi connectivity index (χ3n) is 3.65. The molecule has 1 fully saturated rings. The molecule has 0 bridgehead atoms. The SMILES string of the molecule is O=C(O)[C@@H]1CCCN1Cc1ncc(-c2cccc(F)c2)o1. The zero-order valence-corrected chi connectivity index (χ0v) is 11.3. The highest BCUT2D eigenvalue weighted by atomic mass is 19.1. The molecule has 1 saturated heterocycles. The third kappa shape index (κ3) is 2.95. The van der Waals surface area contributed by atoms with E-state index in [1.165, 1.54) is 18.3 Å². The molecule has 0 amide bonds. The summed E-state index contributed by atoms with van der Waals surface area (Å²) in [6.45, 7) is 1.07. The van der Waals surface area contributed by atoms with Crippen LogP contribution in [-0.4, -0.2) is 33.5 Å². The Balaban J connectivity index is 1.75. The van der Waals surface area contributed by atoms with E-state index in [2.05, 4.69) is 4.98 Å². The van der Waals surface area contributed by atoms with Crippen molar-refractivity contribution in [3.05, 3.63) is 42.2 Å². The van der Waals surface area contributed by atoms with Gasteiger partial charge in [-0.3, -0.25) is 9.69 Å². The molecule has 1 aromatic carbocycles. The van der Waals surface area contributed by atoms with E-state index in [4.69, 9.17) is 9.52 Å². The number of carbonyl (C=O) groups is 1. The Kier molecular flexibility index (Phi) is 3.70. The van der Waals surface area contributed by atoms with E-state index in [0.29, 0.717) is 36.7 Å². The van der Waals surface area contributed by atoms with Gasteiger partial charge in [0, 0.05) is 5.56 Å². The van der Waals surface area contributed by atoms with Crippen LogP contribution in [0, 0.1) is 5.82 Å². The molecule has 2 heterocycles. The fourth-order valence-corrected chi connectivity index (χ4v) is 2.63. The smallest absolute Gasteiger partial charge is 0.320 e. The summed E-state index contributed by atoms with van der Waals surface area (Å²) in [6.07, 6.45) is 3.04. The highest BCUT2D eigenvalue weighted by Crippen LogP contribution is 2.24. The molecule has 6 heteroatoms. The Labute approximate surface area is 121 Å². The maximum atomic E-state index is 13.2. The minimum absolute atomic E-state index is 0.337. The first kappa shape index (κ1) is 13.8. The van der Waals surface area contributed by atoms with E-state index in [1.54, 1.807) is 12.1 Å². The van der Waals surface area contributed by atoms with Gasteiger partial charge in [-0.2, -0.15) is 0 Å². The number of carboxylic acid groups (broad SMARTS) is 1. The number of rotatable bonds is 4. The van der Waals surface area contributed by atoms with Crippen LogP contribution in [0.2, 0.25) is 0 Å². The van der Waals surface area contributed by atoms with Gasteiger partial charge in [0.2, 0.25) is 5.89 Å². The molecule has 1 aromatic heterocycles. The van der Waals surface area contributed by atoms with E-state index >= 15 is 0 Å². The van der Waals surface area contributed by atoms with Gasteiger partial charge in [-0.15, -0.1) is 0 Å². The van der Waals surface area contributed by atoms with Gasteiger partial charge >= 0.3 is 5.97 Å². The molecule has 1 aliphatic heterocycles. The molecule has 0 unspecified atom stereocenters. The van der Waals surface area contributed by atoms with Crippen molar-refractivity contribution >= 4 is 5.97 Å². The number of aliphatic carboxylic acids is 1. The molecule has 0 radical (unpaired) electrons. The summed E-state index contributed by atoms with van der Waals surface area (Å²) < 4.78 is 18.8. The summed E-state index contributed by atoms with van der Waals surface area (Å²) in [5.74, 6) is -0.224. The van der Waals surface area contributed by atoms with Gasteiger partial charge in [0.1, 0.15) is 11.9 Å². The molecule has 0 spiro atoms. The van der Waals surface area contributed by atoms with Gasteiger partial charge in [0.15, 0.2) is 5.76 Å². The fraction of sp³-hybridized carbons (Fsp3) is 0.333. The molecule has 110 valence electrons. The van der Waals surface area contributed by atoms with Gasteiger partial charge in [-0.1, -0.05) is 12.1 Å². The quantitative estimate of drug-likeness (QED) is 0.937. The minimum atomic E-state index is -0.815. The molecule has 0 saturated carbocycles. The van der Waals surface area contributed by atoms with Gasteiger partial charge < -0.3 is 9.52 Å². The van der Waals surface area contributed by atoms with Crippen LogP contribution in [-0.2, 0) is 11.3 Å². The summed E-state index contributed by atoms with van der Waals surface area (Å²) in [7, 11) is 0. The molecule has 5 nitrogen and oxygen atoms in total. The number of hydrogen-bond acceptors (Lipinski definition) is 4. The maximum absolute atomic E-state index is 13.2. The molecule has 21 heavy (non-hydrogen) atoms. The van der Waals surface area contributed by atoms with Crippen LogP contribution in [0.3, 0.4) is 0 Å². The van der Waals surface area contributed by atoms with E-state index in [0.717, 1.165) is 6.42 Å². The van der Waals surface area contributed by atoms with Gasteiger partial charge in [0.05, 0.1) is 12.7 Å². The van der Waals surface area contributed by atoms with Crippen molar-refractivity contribution < 1.29 is 18.7 Å². The first-order valence-electron chi connectivity index (χ1n) is 6.81. The third-order valence-corrected chi connectivity index (χ3v) is 3.65. The zero-order chi connectivity index (χ0) is 14.8. The summed E-state index contributed by atoms with van der Waals surface area (Å²) in [5, 5.41) is 9.14. The second-order valence-electron chi connectivity index (χ2n) is 5.10. The number of hydrogen-bond donors (Lipinski definition) is 1. The molecule has 0 aliphatic carbocycles. The summed E-state index contributed by atoms with van der Waals surface area (Å²) in [5.41, 5.74) is 0.616. The second kappa shape index (κ2) is 5.65. The van der Waals surface area contributed by atoms with Crippen molar-refractivity contribution in [3.8, 4) is 11.3 Å². The normalized spacial score (nSPS) is 19.0. The monoisotopic (exact) mass is 290 g/mol. The predicted molar refractivity (Wildman–Crippen MR) is 73.0 cm³/mol. The lowest BCUT2D eigenvalue weighted by molar-refractivity contribution is -0.142. The number of nitrogens with zero attached hydrogens (tertiary/aromatic N) is 2. The van der Waals surface area contributed by atoms with Crippen molar-refractivity contribution in [2.75, 3.05) is 6.54 Å². The number of aromatic nitrogens is 1. The van der Waals surface area contributed by atoms with Gasteiger partial charge in [0.25, 0.3) is 0 Å². The van der Waals surface area contributed by atoms with E-state index in [-0.39, 0.29) is 5.82 Å². The van der Waals surface area contributed by atoms with Crippen molar-refractivity contribution in [2.24, 2.45) is 0 Å². The molecule has 1 aliphatic rings. The topological polar surface area (TPSA) is 66.6 Å². The number of oxazole rings is 1. The molecular weight excluding hydrogens is 275 g/mol. The van der Waals surface area contributed by atoms with Crippen molar-refractivity contribution in [3.63, 3.8) is 0 Å². The number of halogens is 1. The maximum Gasteiger partial charge on any atom is 0.320 e. The largest absolute Gasteiger partial charge is 0.480 e.